The topological polar surface area (TPSA) is 90.9 Å². The van der Waals surface area contributed by atoms with Gasteiger partial charge in [0.2, 0.25) is 0 Å². The monoisotopic (exact) mass is 363 g/mol. The molecule has 0 unspecified atom stereocenters. The molecule has 0 spiro atoms. The van der Waals surface area contributed by atoms with Gasteiger partial charge in [0.1, 0.15) is 5.60 Å². The fourth-order valence-corrected chi connectivity index (χ4v) is 3.48. The van der Waals surface area contributed by atoms with Crippen molar-refractivity contribution in [3.63, 3.8) is 0 Å². The lowest BCUT2D eigenvalue weighted by Crippen LogP contribution is -2.44. The first kappa shape index (κ1) is 20.0. The first-order valence-corrected chi connectivity index (χ1v) is 8.85. The summed E-state index contributed by atoms with van der Waals surface area (Å²) in [4.78, 5) is 26.3. The maximum Gasteiger partial charge on any atom is 0.412 e. The second-order valence-corrected chi connectivity index (χ2v) is 7.64. The summed E-state index contributed by atoms with van der Waals surface area (Å²) in [5.41, 5.74) is 3.11. The highest BCUT2D eigenvalue weighted by Gasteiger charge is 2.27. The number of rotatable bonds is 3. The summed E-state index contributed by atoms with van der Waals surface area (Å²) >= 11 is 0. The molecule has 1 saturated heterocycles. The van der Waals surface area contributed by atoms with E-state index in [0.29, 0.717) is 11.3 Å². The molecule has 1 heterocycles. The van der Waals surface area contributed by atoms with E-state index in [4.69, 9.17) is 4.74 Å². The first-order chi connectivity index (χ1) is 12.0. The fourth-order valence-electron chi connectivity index (χ4n) is 3.48. The van der Waals surface area contributed by atoms with Crippen LogP contribution in [0.2, 0.25) is 0 Å². The molecule has 3 N–H and O–H groups in total. The number of hydrogen-bond acceptors (Lipinski definition) is 5. The number of anilines is 2. The van der Waals surface area contributed by atoms with Crippen molar-refractivity contribution in [2.45, 2.75) is 47.1 Å². The van der Waals surface area contributed by atoms with Gasteiger partial charge in [-0.25, -0.2) is 9.59 Å². The van der Waals surface area contributed by atoms with E-state index < -0.39 is 17.7 Å². The van der Waals surface area contributed by atoms with Crippen LogP contribution in [0.5, 0.6) is 0 Å². The lowest BCUT2D eigenvalue weighted by atomic mass is 9.93. The molecule has 0 radical (unpaired) electrons. The van der Waals surface area contributed by atoms with E-state index in [2.05, 4.69) is 15.5 Å². The van der Waals surface area contributed by atoms with Crippen LogP contribution in [0.3, 0.4) is 0 Å². The van der Waals surface area contributed by atoms with E-state index in [9.17, 15) is 14.7 Å². The van der Waals surface area contributed by atoms with Gasteiger partial charge in [0.25, 0.3) is 0 Å². The minimum absolute atomic E-state index is 0.232. The van der Waals surface area contributed by atoms with Crippen molar-refractivity contribution < 1.29 is 19.4 Å². The van der Waals surface area contributed by atoms with Crippen LogP contribution in [0.4, 0.5) is 16.2 Å². The van der Waals surface area contributed by atoms with Gasteiger partial charge in [-0.05, 0) is 58.2 Å². The number of piperazine rings is 1. The largest absolute Gasteiger partial charge is 0.478 e. The van der Waals surface area contributed by atoms with Gasteiger partial charge in [0, 0.05) is 31.9 Å². The summed E-state index contributed by atoms with van der Waals surface area (Å²) in [5.74, 6) is -0.997. The Morgan fingerprint density at radius 1 is 1.08 bits per heavy atom. The van der Waals surface area contributed by atoms with Crippen LogP contribution in [-0.4, -0.2) is 48.9 Å². The molecular weight excluding hydrogens is 334 g/mol. The zero-order valence-electron chi connectivity index (χ0n) is 16.4. The average Bonchev–Trinajstić information content (AvgIpc) is 2.50. The van der Waals surface area contributed by atoms with Crippen molar-refractivity contribution in [3.05, 3.63) is 22.3 Å². The van der Waals surface area contributed by atoms with Crippen LogP contribution in [0.15, 0.2) is 0 Å². The molecule has 2 rings (SSSR count). The number of aromatic carboxylic acids is 1. The Hall–Kier alpha value is -2.28. The summed E-state index contributed by atoms with van der Waals surface area (Å²) < 4.78 is 5.35. The van der Waals surface area contributed by atoms with Crippen LogP contribution >= 0.6 is 0 Å². The fraction of sp³-hybridized carbons (Fsp3) is 0.579. The summed E-state index contributed by atoms with van der Waals surface area (Å²) in [7, 11) is 0. The van der Waals surface area contributed by atoms with Gasteiger partial charge in [-0.15, -0.1) is 0 Å². The lowest BCUT2D eigenvalue weighted by Gasteiger charge is -2.34. The van der Waals surface area contributed by atoms with Crippen LogP contribution in [0.25, 0.3) is 0 Å². The zero-order chi connectivity index (χ0) is 19.6. The second-order valence-electron chi connectivity index (χ2n) is 7.64. The molecule has 144 valence electrons. The molecule has 1 aliphatic rings. The van der Waals surface area contributed by atoms with E-state index >= 15 is 0 Å². The number of ether oxygens (including phenoxy) is 1. The van der Waals surface area contributed by atoms with Gasteiger partial charge >= 0.3 is 12.1 Å². The normalized spacial score (nSPS) is 14.9. The minimum Gasteiger partial charge on any atom is -0.478 e. The number of nitrogens with zero attached hydrogens (tertiary/aromatic N) is 1. The van der Waals surface area contributed by atoms with Crippen molar-refractivity contribution in [3.8, 4) is 0 Å². The molecular formula is C19H29N3O4. The van der Waals surface area contributed by atoms with Crippen molar-refractivity contribution in [1.82, 2.24) is 5.32 Å². The van der Waals surface area contributed by atoms with Crippen LogP contribution in [0.1, 0.15) is 47.8 Å². The molecule has 0 saturated carbocycles. The SMILES string of the molecule is Cc1c(NC(=O)OC(C)(C)C)c(C)c(N2CCNCC2)c(C)c1C(=O)O. The van der Waals surface area contributed by atoms with Crippen LogP contribution in [0, 0.1) is 20.8 Å². The van der Waals surface area contributed by atoms with Crippen LogP contribution in [-0.2, 0) is 4.74 Å². The van der Waals surface area contributed by atoms with Crippen molar-refractivity contribution in [2.75, 3.05) is 36.4 Å². The summed E-state index contributed by atoms with van der Waals surface area (Å²) in [6.45, 7) is 14.1. The van der Waals surface area contributed by atoms with Crippen molar-refractivity contribution >= 4 is 23.4 Å². The summed E-state index contributed by atoms with van der Waals surface area (Å²) in [6.07, 6.45) is -0.588. The van der Waals surface area contributed by atoms with Gasteiger partial charge < -0.3 is 20.1 Å². The molecule has 1 aromatic carbocycles. The predicted molar refractivity (Wildman–Crippen MR) is 103 cm³/mol. The summed E-state index contributed by atoms with van der Waals surface area (Å²) in [6, 6.07) is 0. The quantitative estimate of drug-likeness (QED) is 0.765. The Bertz CT molecular complexity index is 717. The molecule has 1 aromatic rings. The van der Waals surface area contributed by atoms with Gasteiger partial charge in [-0.3, -0.25) is 5.32 Å². The second kappa shape index (κ2) is 7.53. The number of amides is 1. The number of benzene rings is 1. The molecule has 1 amide bonds. The smallest absolute Gasteiger partial charge is 0.412 e. The Morgan fingerprint density at radius 2 is 1.65 bits per heavy atom. The average molecular weight is 363 g/mol. The van der Waals surface area contributed by atoms with E-state index in [1.165, 1.54) is 0 Å². The van der Waals surface area contributed by atoms with Gasteiger partial charge in [-0.1, -0.05) is 0 Å². The van der Waals surface area contributed by atoms with Crippen LogP contribution < -0.4 is 15.5 Å². The Balaban J connectivity index is 2.54. The highest BCUT2D eigenvalue weighted by atomic mass is 16.6. The molecule has 0 atom stereocenters. The van der Waals surface area contributed by atoms with Gasteiger partial charge in [-0.2, -0.15) is 0 Å². The molecule has 0 aliphatic carbocycles. The maximum absolute atomic E-state index is 12.3. The highest BCUT2D eigenvalue weighted by Crippen LogP contribution is 2.37. The number of hydrogen-bond donors (Lipinski definition) is 3. The molecule has 0 aromatic heterocycles. The van der Waals surface area contributed by atoms with Crippen molar-refractivity contribution in [1.29, 1.82) is 0 Å². The molecule has 1 aliphatic heterocycles. The zero-order valence-corrected chi connectivity index (χ0v) is 16.4. The molecule has 7 nitrogen and oxygen atoms in total. The van der Waals surface area contributed by atoms with E-state index in [0.717, 1.165) is 43.0 Å². The Morgan fingerprint density at radius 3 is 2.15 bits per heavy atom. The van der Waals surface area contributed by atoms with E-state index in [-0.39, 0.29) is 5.56 Å². The molecule has 0 bridgehead atoms. The number of nitrogens with one attached hydrogen (secondary N) is 2. The van der Waals surface area contributed by atoms with Gasteiger partial charge in [0.05, 0.1) is 11.3 Å². The predicted octanol–water partition coefficient (Wildman–Crippen LogP) is 3.07. The van der Waals surface area contributed by atoms with E-state index in [1.54, 1.807) is 27.7 Å². The number of carbonyl (C=O) groups is 2. The lowest BCUT2D eigenvalue weighted by molar-refractivity contribution is 0.0632. The number of carboxylic acids is 1. The minimum atomic E-state index is -0.997. The molecule has 1 fully saturated rings. The highest BCUT2D eigenvalue weighted by molar-refractivity contribution is 5.99. The third-order valence-corrected chi connectivity index (χ3v) is 4.48. The molecule has 7 heteroatoms. The Labute approximate surface area is 154 Å². The third-order valence-electron chi connectivity index (χ3n) is 4.48. The molecule has 26 heavy (non-hydrogen) atoms. The van der Waals surface area contributed by atoms with Gasteiger partial charge in [0.15, 0.2) is 0 Å². The van der Waals surface area contributed by atoms with Crippen molar-refractivity contribution in [2.24, 2.45) is 0 Å². The standard InChI is InChI=1S/C19H29N3O4/c1-11-14(17(23)24)12(2)16(22-9-7-20-8-10-22)13(3)15(11)21-18(25)26-19(4,5)6/h20H,7-10H2,1-6H3,(H,21,25)(H,23,24). The Kier molecular flexibility index (Phi) is 5.81. The number of carbonyl (C=O) groups excluding carboxylic acids is 1. The van der Waals surface area contributed by atoms with E-state index in [1.807, 2.05) is 13.8 Å². The number of carboxylic acid groups (broad SMARTS) is 1. The third kappa shape index (κ3) is 4.27. The first-order valence-electron chi connectivity index (χ1n) is 8.85. The summed E-state index contributed by atoms with van der Waals surface area (Å²) in [5, 5.41) is 15.8. The maximum atomic E-state index is 12.3.